The first-order valence-corrected chi connectivity index (χ1v) is 10.9. The quantitative estimate of drug-likeness (QED) is 0.785. The number of hydrogen-bond acceptors (Lipinski definition) is 4. The van der Waals surface area contributed by atoms with Crippen molar-refractivity contribution in [3.05, 3.63) is 54.1 Å². The number of rotatable bonds is 5. The van der Waals surface area contributed by atoms with Gasteiger partial charge in [0.15, 0.2) is 0 Å². The van der Waals surface area contributed by atoms with E-state index in [9.17, 15) is 18.0 Å². The molecule has 1 atom stereocenters. The molecule has 2 aromatic carbocycles. The SMILES string of the molecule is CC(=O)Nc1cccc(NC(=O)[C@@H]2CCCN(S(=O)(=O)c3ccc(C)cc3)C2)c1. The Morgan fingerprint density at radius 1 is 1.03 bits per heavy atom. The summed E-state index contributed by atoms with van der Waals surface area (Å²) in [6, 6.07) is 13.6. The molecular formula is C21H25N3O4S. The lowest BCUT2D eigenvalue weighted by Crippen LogP contribution is -2.43. The molecule has 29 heavy (non-hydrogen) atoms. The van der Waals surface area contributed by atoms with Gasteiger partial charge in [0.25, 0.3) is 0 Å². The molecule has 1 heterocycles. The van der Waals surface area contributed by atoms with Crippen LogP contribution in [0.25, 0.3) is 0 Å². The summed E-state index contributed by atoms with van der Waals surface area (Å²) in [7, 11) is -3.63. The zero-order valence-corrected chi connectivity index (χ0v) is 17.3. The average molecular weight is 416 g/mol. The minimum absolute atomic E-state index is 0.146. The molecule has 2 aromatic rings. The van der Waals surface area contributed by atoms with Crippen LogP contribution >= 0.6 is 0 Å². The van der Waals surface area contributed by atoms with E-state index in [0.29, 0.717) is 30.8 Å². The van der Waals surface area contributed by atoms with Crippen LogP contribution < -0.4 is 10.6 Å². The van der Waals surface area contributed by atoms with E-state index in [1.165, 1.54) is 11.2 Å². The monoisotopic (exact) mass is 415 g/mol. The van der Waals surface area contributed by atoms with Crippen molar-refractivity contribution in [3.8, 4) is 0 Å². The number of nitrogens with zero attached hydrogens (tertiary/aromatic N) is 1. The van der Waals surface area contributed by atoms with E-state index in [0.717, 1.165) is 5.56 Å². The van der Waals surface area contributed by atoms with Crippen LogP contribution in [-0.4, -0.2) is 37.6 Å². The number of sulfonamides is 1. The van der Waals surface area contributed by atoms with Gasteiger partial charge in [-0.25, -0.2) is 8.42 Å². The summed E-state index contributed by atoms with van der Waals surface area (Å²) in [5.74, 6) is -0.861. The predicted octanol–water partition coefficient (Wildman–Crippen LogP) is 2.99. The van der Waals surface area contributed by atoms with Gasteiger partial charge in [0.05, 0.1) is 10.8 Å². The second-order valence-corrected chi connectivity index (χ2v) is 9.20. The summed E-state index contributed by atoms with van der Waals surface area (Å²) in [6.07, 6.45) is 1.24. The number of aryl methyl sites for hydroxylation is 1. The fraction of sp³-hybridized carbons (Fsp3) is 0.333. The van der Waals surface area contributed by atoms with E-state index >= 15 is 0 Å². The van der Waals surface area contributed by atoms with Crippen LogP contribution in [0.15, 0.2) is 53.4 Å². The van der Waals surface area contributed by atoms with Crippen LogP contribution in [0.1, 0.15) is 25.3 Å². The van der Waals surface area contributed by atoms with E-state index in [-0.39, 0.29) is 23.3 Å². The summed E-state index contributed by atoms with van der Waals surface area (Å²) in [4.78, 5) is 24.2. The molecule has 154 valence electrons. The summed E-state index contributed by atoms with van der Waals surface area (Å²) in [6.45, 7) is 3.86. The Morgan fingerprint density at radius 2 is 1.69 bits per heavy atom. The largest absolute Gasteiger partial charge is 0.326 e. The molecule has 0 aliphatic carbocycles. The van der Waals surface area contributed by atoms with E-state index in [1.807, 2.05) is 6.92 Å². The third-order valence-electron chi connectivity index (χ3n) is 4.86. The highest BCUT2D eigenvalue weighted by Crippen LogP contribution is 2.25. The lowest BCUT2D eigenvalue weighted by atomic mass is 9.98. The van der Waals surface area contributed by atoms with Crippen LogP contribution in [0.5, 0.6) is 0 Å². The van der Waals surface area contributed by atoms with Crippen LogP contribution in [0, 0.1) is 12.8 Å². The standard InChI is InChI=1S/C21H25N3O4S/c1-15-8-10-20(11-9-15)29(27,28)24-12-4-5-17(14-24)21(26)23-19-7-3-6-18(13-19)22-16(2)25/h3,6-11,13,17H,4-5,12,14H2,1-2H3,(H,22,25)(H,23,26)/t17-/m1/s1. The number of anilines is 2. The van der Waals surface area contributed by atoms with Gasteiger partial charge in [-0.1, -0.05) is 23.8 Å². The second kappa shape index (κ2) is 8.75. The minimum atomic E-state index is -3.63. The van der Waals surface area contributed by atoms with Crippen molar-refractivity contribution in [1.82, 2.24) is 4.31 Å². The number of benzene rings is 2. The van der Waals surface area contributed by atoms with Gasteiger partial charge in [0.1, 0.15) is 0 Å². The van der Waals surface area contributed by atoms with Crippen molar-refractivity contribution in [2.75, 3.05) is 23.7 Å². The maximum absolute atomic E-state index is 12.9. The molecule has 7 nitrogen and oxygen atoms in total. The normalized spacial score (nSPS) is 17.5. The van der Waals surface area contributed by atoms with Crippen molar-refractivity contribution < 1.29 is 18.0 Å². The van der Waals surface area contributed by atoms with Crippen LogP contribution in [0.4, 0.5) is 11.4 Å². The molecule has 2 amide bonds. The lowest BCUT2D eigenvalue weighted by molar-refractivity contribution is -0.121. The molecule has 0 bridgehead atoms. The van der Waals surface area contributed by atoms with Crippen molar-refractivity contribution in [2.24, 2.45) is 5.92 Å². The van der Waals surface area contributed by atoms with Crippen molar-refractivity contribution in [3.63, 3.8) is 0 Å². The average Bonchev–Trinajstić information content (AvgIpc) is 2.68. The van der Waals surface area contributed by atoms with Gasteiger partial charge in [-0.2, -0.15) is 4.31 Å². The van der Waals surface area contributed by atoms with E-state index < -0.39 is 15.9 Å². The molecular weight excluding hydrogens is 390 g/mol. The third kappa shape index (κ3) is 5.21. The van der Waals surface area contributed by atoms with E-state index in [4.69, 9.17) is 0 Å². The van der Waals surface area contributed by atoms with Gasteiger partial charge in [0.2, 0.25) is 21.8 Å². The smallest absolute Gasteiger partial charge is 0.243 e. The van der Waals surface area contributed by atoms with E-state index in [1.54, 1.807) is 48.5 Å². The van der Waals surface area contributed by atoms with Gasteiger partial charge in [-0.3, -0.25) is 9.59 Å². The van der Waals surface area contributed by atoms with Crippen LogP contribution in [0.2, 0.25) is 0 Å². The molecule has 1 aliphatic heterocycles. The summed E-state index contributed by atoms with van der Waals surface area (Å²) in [5, 5.41) is 5.50. The Bertz CT molecular complexity index is 1000. The maximum Gasteiger partial charge on any atom is 0.243 e. The number of nitrogens with one attached hydrogen (secondary N) is 2. The highest BCUT2D eigenvalue weighted by molar-refractivity contribution is 7.89. The Kier molecular flexibility index (Phi) is 6.34. The molecule has 0 saturated carbocycles. The van der Waals surface area contributed by atoms with Crippen molar-refractivity contribution in [1.29, 1.82) is 0 Å². The first-order chi connectivity index (χ1) is 13.8. The Morgan fingerprint density at radius 3 is 2.34 bits per heavy atom. The Labute approximate surface area is 171 Å². The molecule has 1 fully saturated rings. The molecule has 1 saturated heterocycles. The molecule has 1 aliphatic rings. The summed E-state index contributed by atoms with van der Waals surface area (Å²) in [5.41, 5.74) is 2.13. The van der Waals surface area contributed by atoms with Crippen LogP contribution in [0.3, 0.4) is 0 Å². The molecule has 8 heteroatoms. The fourth-order valence-electron chi connectivity index (χ4n) is 3.36. The molecule has 0 unspecified atom stereocenters. The van der Waals surface area contributed by atoms with E-state index in [2.05, 4.69) is 10.6 Å². The molecule has 0 spiro atoms. The number of piperidine rings is 1. The Balaban J connectivity index is 1.69. The summed E-state index contributed by atoms with van der Waals surface area (Å²) < 4.78 is 27.2. The number of carbonyl (C=O) groups excluding carboxylic acids is 2. The summed E-state index contributed by atoms with van der Waals surface area (Å²) >= 11 is 0. The van der Waals surface area contributed by atoms with Crippen LogP contribution in [-0.2, 0) is 19.6 Å². The highest BCUT2D eigenvalue weighted by Gasteiger charge is 2.33. The fourth-order valence-corrected chi connectivity index (χ4v) is 4.88. The third-order valence-corrected chi connectivity index (χ3v) is 6.74. The highest BCUT2D eigenvalue weighted by atomic mass is 32.2. The second-order valence-electron chi connectivity index (χ2n) is 7.27. The number of amides is 2. The predicted molar refractivity (Wildman–Crippen MR) is 112 cm³/mol. The molecule has 0 radical (unpaired) electrons. The topological polar surface area (TPSA) is 95.6 Å². The number of carbonyl (C=O) groups is 2. The van der Waals surface area contributed by atoms with Gasteiger partial charge >= 0.3 is 0 Å². The molecule has 2 N–H and O–H groups in total. The van der Waals surface area contributed by atoms with Gasteiger partial charge in [-0.05, 0) is 50.1 Å². The molecule has 0 aromatic heterocycles. The lowest BCUT2D eigenvalue weighted by Gasteiger charge is -2.31. The first-order valence-electron chi connectivity index (χ1n) is 9.51. The Hall–Kier alpha value is -2.71. The van der Waals surface area contributed by atoms with Gasteiger partial charge < -0.3 is 10.6 Å². The zero-order valence-electron chi connectivity index (χ0n) is 16.5. The van der Waals surface area contributed by atoms with Gasteiger partial charge in [0, 0.05) is 31.4 Å². The van der Waals surface area contributed by atoms with Gasteiger partial charge in [-0.15, -0.1) is 0 Å². The van der Waals surface area contributed by atoms with Crippen molar-refractivity contribution in [2.45, 2.75) is 31.6 Å². The number of hydrogen-bond donors (Lipinski definition) is 2. The first kappa shape index (κ1) is 21.0. The molecule has 3 rings (SSSR count). The maximum atomic E-state index is 12.9. The zero-order chi connectivity index (χ0) is 21.0. The van der Waals surface area contributed by atoms with Crippen molar-refractivity contribution >= 4 is 33.2 Å². The minimum Gasteiger partial charge on any atom is -0.326 e.